The summed E-state index contributed by atoms with van der Waals surface area (Å²) in [7, 11) is 0. The molecule has 17 heavy (non-hydrogen) atoms. The van der Waals surface area contributed by atoms with Crippen molar-refractivity contribution in [2.24, 2.45) is 5.92 Å². The van der Waals surface area contributed by atoms with Gasteiger partial charge < -0.3 is 10.4 Å². The Labute approximate surface area is 106 Å². The van der Waals surface area contributed by atoms with E-state index in [2.05, 4.69) is 5.32 Å². The highest BCUT2D eigenvalue weighted by atomic mass is 32.1. The lowest BCUT2D eigenvalue weighted by molar-refractivity contribution is 0.0702. The zero-order valence-corrected chi connectivity index (χ0v) is 11.0. The van der Waals surface area contributed by atoms with Crippen LogP contribution in [-0.4, -0.2) is 17.6 Å². The molecule has 94 valence electrons. The minimum absolute atomic E-state index is 0.443. The van der Waals surface area contributed by atoms with Gasteiger partial charge in [0.15, 0.2) is 0 Å². The van der Waals surface area contributed by atoms with Gasteiger partial charge in [0, 0.05) is 11.4 Å². The zero-order valence-electron chi connectivity index (χ0n) is 10.2. The minimum atomic E-state index is -0.821. The van der Waals surface area contributed by atoms with Gasteiger partial charge >= 0.3 is 5.97 Å². The maximum absolute atomic E-state index is 10.8. The second-order valence-electron chi connectivity index (χ2n) is 4.76. The van der Waals surface area contributed by atoms with Crippen molar-refractivity contribution in [3.05, 3.63) is 21.4 Å². The summed E-state index contributed by atoms with van der Waals surface area (Å²) in [5.74, 6) is 0.111. The SMILES string of the molecule is Cc1sc(C(=O)O)cc1CNCCC1CCC1. The topological polar surface area (TPSA) is 49.3 Å². The first-order chi connectivity index (χ1) is 8.16. The lowest BCUT2D eigenvalue weighted by Gasteiger charge is -2.25. The second-order valence-corrected chi connectivity index (χ2v) is 6.02. The lowest BCUT2D eigenvalue weighted by atomic mass is 9.83. The van der Waals surface area contributed by atoms with Crippen LogP contribution in [0.25, 0.3) is 0 Å². The van der Waals surface area contributed by atoms with Crippen molar-refractivity contribution >= 4 is 17.3 Å². The molecule has 0 saturated heterocycles. The van der Waals surface area contributed by atoms with Crippen molar-refractivity contribution < 1.29 is 9.90 Å². The first-order valence-electron chi connectivity index (χ1n) is 6.20. The van der Waals surface area contributed by atoms with Gasteiger partial charge in [0.25, 0.3) is 0 Å². The van der Waals surface area contributed by atoms with Gasteiger partial charge in [-0.15, -0.1) is 11.3 Å². The molecule has 3 nitrogen and oxygen atoms in total. The summed E-state index contributed by atoms with van der Waals surface area (Å²) < 4.78 is 0. The van der Waals surface area contributed by atoms with E-state index < -0.39 is 5.97 Å². The van der Waals surface area contributed by atoms with Crippen molar-refractivity contribution in [1.82, 2.24) is 5.32 Å². The number of aryl methyl sites for hydroxylation is 1. The van der Waals surface area contributed by atoms with E-state index >= 15 is 0 Å². The summed E-state index contributed by atoms with van der Waals surface area (Å²) in [6, 6.07) is 1.79. The smallest absolute Gasteiger partial charge is 0.345 e. The van der Waals surface area contributed by atoms with Gasteiger partial charge in [0.05, 0.1) is 0 Å². The van der Waals surface area contributed by atoms with Crippen molar-refractivity contribution in [1.29, 1.82) is 0 Å². The highest BCUT2D eigenvalue weighted by molar-refractivity contribution is 7.14. The van der Waals surface area contributed by atoms with Crippen LogP contribution in [0.5, 0.6) is 0 Å². The normalized spacial score (nSPS) is 15.8. The monoisotopic (exact) mass is 253 g/mol. The molecule has 2 N–H and O–H groups in total. The molecule has 1 saturated carbocycles. The molecule has 2 rings (SSSR count). The van der Waals surface area contributed by atoms with E-state index in [9.17, 15) is 4.79 Å². The van der Waals surface area contributed by atoms with Crippen LogP contribution >= 0.6 is 11.3 Å². The van der Waals surface area contributed by atoms with E-state index in [-0.39, 0.29) is 0 Å². The Morgan fingerprint density at radius 1 is 1.59 bits per heavy atom. The van der Waals surface area contributed by atoms with Gasteiger partial charge in [-0.3, -0.25) is 0 Å². The molecular weight excluding hydrogens is 234 g/mol. The van der Waals surface area contributed by atoms with Gasteiger partial charge in [0.2, 0.25) is 0 Å². The summed E-state index contributed by atoms with van der Waals surface area (Å²) in [6.45, 7) is 3.82. The Bertz CT molecular complexity index is 396. The van der Waals surface area contributed by atoms with Crippen molar-refractivity contribution in [3.8, 4) is 0 Å². The van der Waals surface area contributed by atoms with Crippen LogP contribution in [0.4, 0.5) is 0 Å². The maximum atomic E-state index is 10.8. The predicted molar refractivity (Wildman–Crippen MR) is 69.7 cm³/mol. The fourth-order valence-corrected chi connectivity index (χ4v) is 2.99. The number of carboxylic acid groups (broad SMARTS) is 1. The number of carbonyl (C=O) groups is 1. The average molecular weight is 253 g/mol. The lowest BCUT2D eigenvalue weighted by Crippen LogP contribution is -2.21. The van der Waals surface area contributed by atoms with Crippen LogP contribution in [0.3, 0.4) is 0 Å². The van der Waals surface area contributed by atoms with E-state index in [0.29, 0.717) is 4.88 Å². The Balaban J connectivity index is 1.75. The van der Waals surface area contributed by atoms with Gasteiger partial charge in [-0.1, -0.05) is 19.3 Å². The highest BCUT2D eigenvalue weighted by Gasteiger charge is 2.16. The van der Waals surface area contributed by atoms with Crippen LogP contribution in [0.15, 0.2) is 6.07 Å². The fraction of sp³-hybridized carbons (Fsp3) is 0.615. The number of rotatable bonds is 6. The number of carboxylic acids is 1. The first-order valence-corrected chi connectivity index (χ1v) is 7.02. The molecule has 1 aromatic heterocycles. The third-order valence-electron chi connectivity index (χ3n) is 3.50. The minimum Gasteiger partial charge on any atom is -0.477 e. The third kappa shape index (κ3) is 3.30. The molecule has 0 radical (unpaired) electrons. The zero-order chi connectivity index (χ0) is 12.3. The Kier molecular flexibility index (Phi) is 4.18. The molecule has 1 aliphatic carbocycles. The van der Waals surface area contributed by atoms with Crippen LogP contribution in [0.2, 0.25) is 0 Å². The highest BCUT2D eigenvalue weighted by Crippen LogP contribution is 2.28. The van der Waals surface area contributed by atoms with E-state index in [1.807, 2.05) is 6.92 Å². The Morgan fingerprint density at radius 3 is 2.88 bits per heavy atom. The van der Waals surface area contributed by atoms with Gasteiger partial charge in [-0.25, -0.2) is 4.79 Å². The second kappa shape index (κ2) is 5.65. The average Bonchev–Trinajstić information content (AvgIpc) is 2.57. The molecule has 1 heterocycles. The van der Waals surface area contributed by atoms with Crippen molar-refractivity contribution in [2.75, 3.05) is 6.54 Å². The van der Waals surface area contributed by atoms with Crippen molar-refractivity contribution in [3.63, 3.8) is 0 Å². The molecule has 4 heteroatoms. The molecule has 1 aliphatic rings. The molecule has 0 atom stereocenters. The predicted octanol–water partition coefficient (Wildman–Crippen LogP) is 3.03. The maximum Gasteiger partial charge on any atom is 0.345 e. The molecule has 1 aromatic rings. The third-order valence-corrected chi connectivity index (χ3v) is 4.58. The summed E-state index contributed by atoms with van der Waals surface area (Å²) in [4.78, 5) is 12.4. The van der Waals surface area contributed by atoms with Crippen LogP contribution in [0, 0.1) is 12.8 Å². The molecule has 0 bridgehead atoms. The molecule has 0 aromatic carbocycles. The number of thiophene rings is 1. The van der Waals surface area contributed by atoms with Crippen molar-refractivity contribution in [2.45, 2.75) is 39.2 Å². The van der Waals surface area contributed by atoms with E-state index in [4.69, 9.17) is 5.11 Å². The number of aromatic carboxylic acids is 1. The van der Waals surface area contributed by atoms with Gasteiger partial charge in [-0.05, 0) is 37.4 Å². The summed E-state index contributed by atoms with van der Waals surface area (Å²) >= 11 is 1.36. The van der Waals surface area contributed by atoms with E-state index in [1.165, 1.54) is 37.0 Å². The molecule has 0 aliphatic heterocycles. The standard InChI is InChI=1S/C13H19NO2S/c1-9-11(7-12(17-9)13(15)16)8-14-6-5-10-3-2-4-10/h7,10,14H,2-6,8H2,1H3,(H,15,16). The molecule has 0 spiro atoms. The summed E-state index contributed by atoms with van der Waals surface area (Å²) in [6.07, 6.45) is 5.44. The fourth-order valence-electron chi connectivity index (χ4n) is 2.11. The Morgan fingerprint density at radius 2 is 2.35 bits per heavy atom. The quantitative estimate of drug-likeness (QED) is 0.766. The molecule has 0 amide bonds. The summed E-state index contributed by atoms with van der Waals surface area (Å²) in [5, 5.41) is 12.3. The van der Waals surface area contributed by atoms with Crippen LogP contribution in [0.1, 0.15) is 45.8 Å². The molecule has 0 unspecified atom stereocenters. The van der Waals surface area contributed by atoms with Gasteiger partial charge in [0.1, 0.15) is 4.88 Å². The Hall–Kier alpha value is -0.870. The van der Waals surface area contributed by atoms with Crippen LogP contribution in [-0.2, 0) is 6.54 Å². The number of hydrogen-bond donors (Lipinski definition) is 2. The molecular formula is C13H19NO2S. The first kappa shape index (κ1) is 12.6. The molecule has 1 fully saturated rings. The van der Waals surface area contributed by atoms with E-state index in [1.54, 1.807) is 6.07 Å². The van der Waals surface area contributed by atoms with Crippen LogP contribution < -0.4 is 5.32 Å². The summed E-state index contributed by atoms with van der Waals surface area (Å²) in [5.41, 5.74) is 1.13. The largest absolute Gasteiger partial charge is 0.477 e. The van der Waals surface area contributed by atoms with E-state index in [0.717, 1.165) is 29.4 Å². The number of nitrogens with one attached hydrogen (secondary N) is 1. The van der Waals surface area contributed by atoms with Gasteiger partial charge in [-0.2, -0.15) is 0 Å². The number of hydrogen-bond acceptors (Lipinski definition) is 3.